The second kappa shape index (κ2) is 3.21. The van der Waals surface area contributed by atoms with E-state index in [1.165, 1.54) is 4.80 Å². The van der Waals surface area contributed by atoms with Crippen LogP contribution in [0.3, 0.4) is 0 Å². The molecule has 0 amide bonds. The molecule has 0 saturated heterocycles. The van der Waals surface area contributed by atoms with Crippen LogP contribution in [0.15, 0.2) is 0 Å². The van der Waals surface area contributed by atoms with Crippen molar-refractivity contribution in [3.63, 3.8) is 0 Å². The monoisotopic (exact) mass is 168 g/mol. The molecule has 0 spiro atoms. The molecule has 0 fully saturated rings. The first kappa shape index (κ1) is 9.16. The smallest absolute Gasteiger partial charge is 0.167 e. The summed E-state index contributed by atoms with van der Waals surface area (Å²) in [6.45, 7) is 6.48. The Bertz CT molecular complexity index is 249. The van der Waals surface area contributed by atoms with Crippen LogP contribution in [0.25, 0.3) is 0 Å². The van der Waals surface area contributed by atoms with Crippen molar-refractivity contribution >= 4 is 0 Å². The van der Waals surface area contributed by atoms with Crippen molar-refractivity contribution in [2.45, 2.75) is 39.0 Å². The van der Waals surface area contributed by atoms with Gasteiger partial charge in [-0.05, 0) is 18.1 Å². The maximum Gasteiger partial charge on any atom is 0.180 e. The Labute approximate surface area is 73.0 Å². The third-order valence-corrected chi connectivity index (χ3v) is 2.61. The third kappa shape index (κ3) is 1.47. The quantitative estimate of drug-likeness (QED) is 0.683. The van der Waals surface area contributed by atoms with Gasteiger partial charge in [-0.25, -0.2) is 0 Å². The zero-order valence-electron chi connectivity index (χ0n) is 8.20. The fourth-order valence-corrected chi connectivity index (χ4v) is 1.09. The number of rotatable bonds is 3. The van der Waals surface area contributed by atoms with Crippen LogP contribution in [0.2, 0.25) is 0 Å². The molecule has 1 aromatic heterocycles. The molecule has 4 nitrogen and oxygen atoms in total. The van der Waals surface area contributed by atoms with Gasteiger partial charge in [0.2, 0.25) is 0 Å². The number of hydrogen-bond donors (Lipinski definition) is 0. The summed E-state index contributed by atoms with van der Waals surface area (Å²) in [6.07, 6.45) is 2.10. The number of nitrogens with zero attached hydrogens (tertiary/aromatic N) is 4. The van der Waals surface area contributed by atoms with E-state index in [4.69, 9.17) is 0 Å². The average Bonchev–Trinajstić information content (AvgIpc) is 2.51. The van der Waals surface area contributed by atoms with Gasteiger partial charge in [0.1, 0.15) is 0 Å². The normalized spacial score (nSPS) is 12.0. The first-order valence-corrected chi connectivity index (χ1v) is 4.37. The van der Waals surface area contributed by atoms with Gasteiger partial charge in [-0.3, -0.25) is 0 Å². The van der Waals surface area contributed by atoms with Crippen LogP contribution >= 0.6 is 0 Å². The number of aryl methyl sites for hydroxylation is 1. The maximum absolute atomic E-state index is 4.22. The van der Waals surface area contributed by atoms with Crippen LogP contribution in [-0.2, 0) is 12.5 Å². The predicted molar refractivity (Wildman–Crippen MR) is 46.7 cm³/mol. The lowest BCUT2D eigenvalue weighted by Crippen LogP contribution is -2.21. The Morgan fingerprint density at radius 3 is 2.25 bits per heavy atom. The van der Waals surface area contributed by atoms with Gasteiger partial charge in [-0.2, -0.15) is 4.80 Å². The molecule has 0 unspecified atom stereocenters. The molecule has 0 aliphatic heterocycles. The zero-order valence-corrected chi connectivity index (χ0v) is 8.20. The molecule has 0 radical (unpaired) electrons. The highest BCUT2D eigenvalue weighted by Crippen LogP contribution is 2.26. The molecule has 0 saturated carbocycles. The summed E-state index contributed by atoms with van der Waals surface area (Å²) in [7, 11) is 1.79. The molecule has 12 heavy (non-hydrogen) atoms. The van der Waals surface area contributed by atoms with Gasteiger partial charge in [-0.1, -0.05) is 20.8 Å². The third-order valence-electron chi connectivity index (χ3n) is 2.61. The molecule has 1 rings (SSSR count). The van der Waals surface area contributed by atoms with Crippen molar-refractivity contribution < 1.29 is 0 Å². The summed E-state index contributed by atoms with van der Waals surface area (Å²) in [5.74, 6) is 0.856. The topological polar surface area (TPSA) is 43.6 Å². The van der Waals surface area contributed by atoms with Crippen LogP contribution in [0.4, 0.5) is 0 Å². The highest BCUT2D eigenvalue weighted by molar-refractivity contribution is 5.00. The van der Waals surface area contributed by atoms with Crippen LogP contribution in [0.5, 0.6) is 0 Å². The summed E-state index contributed by atoms with van der Waals surface area (Å²) >= 11 is 0. The van der Waals surface area contributed by atoms with Crippen molar-refractivity contribution in [1.82, 2.24) is 20.2 Å². The Morgan fingerprint density at radius 2 is 1.92 bits per heavy atom. The summed E-state index contributed by atoms with van der Waals surface area (Å²) in [5, 5.41) is 12.1. The molecule has 4 heteroatoms. The lowest BCUT2D eigenvalue weighted by Gasteiger charge is -2.21. The Balaban J connectivity index is 2.94. The minimum Gasteiger partial charge on any atom is -0.167 e. The standard InChI is InChI=1S/C8H16N4/c1-5-8(3,6-2)7-9-11-12(4)10-7/h5-6H2,1-4H3. The molecular formula is C8H16N4. The number of hydrogen-bond acceptors (Lipinski definition) is 3. The second-order valence-corrected chi connectivity index (χ2v) is 3.37. The van der Waals surface area contributed by atoms with Crippen molar-refractivity contribution in [3.05, 3.63) is 5.82 Å². The van der Waals surface area contributed by atoms with Crippen LogP contribution < -0.4 is 0 Å². The van der Waals surface area contributed by atoms with E-state index >= 15 is 0 Å². The van der Waals surface area contributed by atoms with Crippen LogP contribution in [-0.4, -0.2) is 20.2 Å². The Hall–Kier alpha value is -0.930. The average molecular weight is 168 g/mol. The van der Waals surface area contributed by atoms with Crippen LogP contribution in [0, 0.1) is 0 Å². The fourth-order valence-electron chi connectivity index (χ4n) is 1.09. The maximum atomic E-state index is 4.22. The molecule has 0 bridgehead atoms. The van der Waals surface area contributed by atoms with Crippen LogP contribution in [0.1, 0.15) is 39.4 Å². The molecule has 0 aliphatic rings. The fraction of sp³-hybridized carbons (Fsp3) is 0.875. The van der Waals surface area contributed by atoms with Gasteiger partial charge in [0, 0.05) is 5.41 Å². The summed E-state index contributed by atoms with van der Waals surface area (Å²) in [5.41, 5.74) is 0.0915. The van der Waals surface area contributed by atoms with Gasteiger partial charge in [0.05, 0.1) is 7.05 Å². The van der Waals surface area contributed by atoms with E-state index in [0.717, 1.165) is 18.7 Å². The van der Waals surface area contributed by atoms with E-state index < -0.39 is 0 Å². The van der Waals surface area contributed by atoms with Gasteiger partial charge in [0.15, 0.2) is 5.82 Å². The Morgan fingerprint density at radius 1 is 1.33 bits per heavy atom. The van der Waals surface area contributed by atoms with Gasteiger partial charge >= 0.3 is 0 Å². The minimum atomic E-state index is 0.0915. The lowest BCUT2D eigenvalue weighted by molar-refractivity contribution is 0.410. The largest absolute Gasteiger partial charge is 0.180 e. The lowest BCUT2D eigenvalue weighted by atomic mass is 9.84. The predicted octanol–water partition coefficient (Wildman–Crippen LogP) is 1.29. The van der Waals surface area contributed by atoms with Gasteiger partial charge < -0.3 is 0 Å². The van der Waals surface area contributed by atoms with E-state index in [0.29, 0.717) is 0 Å². The summed E-state index contributed by atoms with van der Waals surface area (Å²) in [6, 6.07) is 0. The van der Waals surface area contributed by atoms with E-state index in [1.807, 2.05) is 0 Å². The SMILES string of the molecule is CCC(C)(CC)c1nnn(C)n1. The van der Waals surface area contributed by atoms with Crippen molar-refractivity contribution in [1.29, 1.82) is 0 Å². The minimum absolute atomic E-state index is 0.0915. The van der Waals surface area contributed by atoms with E-state index in [9.17, 15) is 0 Å². The molecule has 68 valence electrons. The highest BCUT2D eigenvalue weighted by Gasteiger charge is 2.27. The van der Waals surface area contributed by atoms with Crippen molar-refractivity contribution in [3.8, 4) is 0 Å². The van der Waals surface area contributed by atoms with E-state index in [2.05, 4.69) is 36.2 Å². The second-order valence-electron chi connectivity index (χ2n) is 3.37. The number of tetrazole rings is 1. The van der Waals surface area contributed by atoms with Crippen molar-refractivity contribution in [2.75, 3.05) is 0 Å². The molecule has 0 aromatic carbocycles. The number of aromatic nitrogens is 4. The molecule has 0 N–H and O–H groups in total. The molecule has 0 aliphatic carbocycles. The molecule has 1 aromatic rings. The zero-order chi connectivity index (χ0) is 9.19. The Kier molecular flexibility index (Phi) is 2.45. The first-order valence-electron chi connectivity index (χ1n) is 4.37. The molecular weight excluding hydrogens is 152 g/mol. The molecule has 0 atom stereocenters. The van der Waals surface area contributed by atoms with E-state index in [-0.39, 0.29) is 5.41 Å². The summed E-state index contributed by atoms with van der Waals surface area (Å²) < 4.78 is 0. The first-order chi connectivity index (χ1) is 5.62. The highest BCUT2D eigenvalue weighted by atomic mass is 15.6. The van der Waals surface area contributed by atoms with Gasteiger partial charge in [-0.15, -0.1) is 10.2 Å². The van der Waals surface area contributed by atoms with Gasteiger partial charge in [0.25, 0.3) is 0 Å². The van der Waals surface area contributed by atoms with E-state index in [1.54, 1.807) is 7.05 Å². The molecule has 1 heterocycles. The summed E-state index contributed by atoms with van der Waals surface area (Å²) in [4.78, 5) is 1.51. The van der Waals surface area contributed by atoms with Crippen molar-refractivity contribution in [2.24, 2.45) is 7.05 Å².